The highest BCUT2D eigenvalue weighted by Gasteiger charge is 2.31. The third-order valence-electron chi connectivity index (χ3n) is 5.69. The zero-order valence-electron chi connectivity index (χ0n) is 16.9. The van der Waals surface area contributed by atoms with Gasteiger partial charge in [-0.05, 0) is 68.4 Å². The zero-order valence-corrected chi connectivity index (χ0v) is 19.3. The van der Waals surface area contributed by atoms with E-state index in [1.54, 1.807) is 24.3 Å². The molecule has 1 aliphatic rings. The summed E-state index contributed by atoms with van der Waals surface area (Å²) < 4.78 is 29.3. The number of hydrogen-bond donors (Lipinski definition) is 1. The van der Waals surface area contributed by atoms with Crippen molar-refractivity contribution in [3.05, 3.63) is 69.3 Å². The summed E-state index contributed by atoms with van der Waals surface area (Å²) in [6.45, 7) is 2.58. The second kappa shape index (κ2) is 10.0. The lowest BCUT2D eigenvalue weighted by atomic mass is 9.81. The first-order chi connectivity index (χ1) is 14.3. The molecule has 1 fully saturated rings. The Morgan fingerprint density at radius 3 is 2.40 bits per heavy atom. The molecule has 0 radical (unpaired) electrons. The van der Waals surface area contributed by atoms with Gasteiger partial charge in [0, 0.05) is 23.5 Å². The van der Waals surface area contributed by atoms with Gasteiger partial charge in [-0.3, -0.25) is 4.79 Å². The van der Waals surface area contributed by atoms with Crippen molar-refractivity contribution >= 4 is 31.9 Å². The number of hydrogen-bond acceptors (Lipinski definition) is 4. The molecule has 2 aromatic carbocycles. The summed E-state index contributed by atoms with van der Waals surface area (Å²) in [5, 5.41) is 10.6. The molecule has 0 bridgehead atoms. The number of hydroxylamine groups is 1. The molecule has 30 heavy (non-hydrogen) atoms. The van der Waals surface area contributed by atoms with Gasteiger partial charge in [0.25, 0.3) is 0 Å². The van der Waals surface area contributed by atoms with Crippen molar-refractivity contribution in [2.24, 2.45) is 11.8 Å². The van der Waals surface area contributed by atoms with E-state index in [9.17, 15) is 18.4 Å². The van der Waals surface area contributed by atoms with Crippen molar-refractivity contribution in [1.29, 1.82) is 0 Å². The molecule has 0 atom stereocenters. The largest absolute Gasteiger partial charge is 0.759 e. The van der Waals surface area contributed by atoms with Gasteiger partial charge in [0.15, 0.2) is 0 Å². The van der Waals surface area contributed by atoms with Crippen molar-refractivity contribution in [2.75, 3.05) is 6.54 Å². The van der Waals surface area contributed by atoms with Crippen LogP contribution in [0, 0.1) is 24.0 Å². The van der Waals surface area contributed by atoms with Gasteiger partial charge >= 0.3 is 0 Å². The van der Waals surface area contributed by atoms with E-state index in [4.69, 9.17) is 0 Å². The van der Waals surface area contributed by atoms with Gasteiger partial charge in [-0.15, -0.1) is 0 Å². The lowest BCUT2D eigenvalue weighted by Gasteiger charge is -2.32. The number of nitrogens with zero attached hydrogens (tertiary/aromatic N) is 1. The van der Waals surface area contributed by atoms with E-state index in [0.29, 0.717) is 19.4 Å². The highest BCUT2D eigenvalue weighted by Crippen LogP contribution is 2.31. The first-order valence-electron chi connectivity index (χ1n) is 10.0. The highest BCUT2D eigenvalue weighted by molar-refractivity contribution is 9.10. The first-order valence-corrected chi connectivity index (χ1v) is 12.3. The summed E-state index contributed by atoms with van der Waals surface area (Å²) in [4.78, 5) is 11.9. The van der Waals surface area contributed by atoms with Gasteiger partial charge < -0.3 is 10.7 Å². The fraction of sp³-hybridized carbons (Fsp3) is 0.409. The minimum Gasteiger partial charge on any atom is -0.759 e. The predicted molar refractivity (Wildman–Crippen MR) is 120 cm³/mol. The summed E-state index contributed by atoms with van der Waals surface area (Å²) in [5.74, 6) is -0.592. The van der Waals surface area contributed by atoms with Crippen LogP contribution in [0.15, 0.2) is 57.9 Å². The number of sulfonamides is 1. The molecule has 162 valence electrons. The molecule has 1 N–H and O–H groups in total. The van der Waals surface area contributed by atoms with Crippen LogP contribution in [0.2, 0.25) is 0 Å². The summed E-state index contributed by atoms with van der Waals surface area (Å²) in [6, 6.07) is 14.5. The Hall–Kier alpha value is -1.74. The number of halogens is 1. The number of amides is 1. The summed E-state index contributed by atoms with van der Waals surface area (Å²) in [6.07, 6.45) is 2.65. The van der Waals surface area contributed by atoms with E-state index in [1.807, 2.05) is 31.2 Å². The van der Waals surface area contributed by atoms with E-state index in [0.717, 1.165) is 28.4 Å². The number of benzene rings is 2. The molecular weight excluding hydrogens is 468 g/mol. The molecule has 0 aromatic heterocycles. The number of nitrogens with one attached hydrogen (secondary N) is 1. The smallest absolute Gasteiger partial charge is 0.243 e. The lowest BCUT2D eigenvalue weighted by Crippen LogP contribution is -2.37. The third kappa shape index (κ3) is 5.69. The van der Waals surface area contributed by atoms with Crippen LogP contribution in [0.5, 0.6) is 0 Å². The molecule has 8 heteroatoms. The van der Waals surface area contributed by atoms with Crippen LogP contribution in [-0.4, -0.2) is 25.2 Å². The van der Waals surface area contributed by atoms with Gasteiger partial charge in [-0.1, -0.05) is 45.8 Å². The van der Waals surface area contributed by atoms with Gasteiger partial charge in [0.05, 0.1) is 4.90 Å². The number of aryl methyl sites for hydroxylation is 1. The second-order valence-electron chi connectivity index (χ2n) is 7.92. The quantitative estimate of drug-likeness (QED) is 0.579. The molecule has 0 aliphatic heterocycles. The molecule has 1 aliphatic carbocycles. The van der Waals surface area contributed by atoms with E-state index in [1.165, 1.54) is 9.79 Å². The van der Waals surface area contributed by atoms with Gasteiger partial charge in [0.1, 0.15) is 0 Å². The number of rotatable bonds is 7. The van der Waals surface area contributed by atoms with Crippen LogP contribution < -0.4 is 5.48 Å². The average molecular weight is 494 g/mol. The Kier molecular flexibility index (Phi) is 7.68. The maximum Gasteiger partial charge on any atom is 0.243 e. The topological polar surface area (TPSA) is 89.5 Å². The SMILES string of the molecule is Cc1ccc(S(=O)(=O)N(Cc2cccc(Br)c2)CC2CCC(C(=O)N[O-])CC2)cc1. The van der Waals surface area contributed by atoms with Crippen molar-refractivity contribution in [3.8, 4) is 0 Å². The van der Waals surface area contributed by atoms with E-state index in [2.05, 4.69) is 15.9 Å². The van der Waals surface area contributed by atoms with Crippen LogP contribution in [0.4, 0.5) is 0 Å². The molecule has 6 nitrogen and oxygen atoms in total. The first kappa shape index (κ1) is 22.9. The van der Waals surface area contributed by atoms with Crippen LogP contribution in [0.3, 0.4) is 0 Å². The Morgan fingerprint density at radius 2 is 1.80 bits per heavy atom. The molecule has 0 unspecified atom stereocenters. The van der Waals surface area contributed by atoms with Crippen LogP contribution >= 0.6 is 15.9 Å². The summed E-state index contributed by atoms with van der Waals surface area (Å²) in [5.41, 5.74) is 3.38. The molecule has 2 aromatic rings. The fourth-order valence-electron chi connectivity index (χ4n) is 3.92. The lowest BCUT2D eigenvalue weighted by molar-refractivity contribution is -0.125. The minimum absolute atomic E-state index is 0.146. The second-order valence-corrected chi connectivity index (χ2v) is 10.8. The van der Waals surface area contributed by atoms with Gasteiger partial charge in [-0.25, -0.2) is 8.42 Å². The number of carbonyl (C=O) groups excluding carboxylic acids is 1. The molecule has 1 saturated carbocycles. The third-order valence-corrected chi connectivity index (χ3v) is 8.01. The van der Waals surface area contributed by atoms with Crippen molar-refractivity contribution in [1.82, 2.24) is 9.79 Å². The summed E-state index contributed by atoms with van der Waals surface area (Å²) in [7, 11) is -3.67. The van der Waals surface area contributed by atoms with Crippen LogP contribution in [0.1, 0.15) is 36.8 Å². The number of carbonyl (C=O) groups is 1. The van der Waals surface area contributed by atoms with Crippen LogP contribution in [0.25, 0.3) is 0 Å². The predicted octanol–water partition coefficient (Wildman–Crippen LogP) is 4.37. The minimum atomic E-state index is -3.67. The Labute approximate surface area is 186 Å². The molecule has 1 amide bonds. The van der Waals surface area contributed by atoms with E-state index in [-0.39, 0.29) is 23.3 Å². The molecular formula is C22H26BrN2O4S-. The summed E-state index contributed by atoms with van der Waals surface area (Å²) >= 11 is 3.45. The average Bonchev–Trinajstić information content (AvgIpc) is 2.73. The van der Waals surface area contributed by atoms with Gasteiger partial charge in [0.2, 0.25) is 15.9 Å². The Balaban J connectivity index is 1.81. The standard InChI is InChI=1S/C22H26BrN2O4S/c1-16-5-11-21(12-6-16)30(28,29)25(15-18-3-2-4-20(23)13-18)14-17-7-9-19(10-8-17)22(26)24-27/h2-6,11-13,17,19H,7-10,14-15H2,1H3,(H-,24,26,27)/q-1. The van der Waals surface area contributed by atoms with E-state index >= 15 is 0 Å². The molecule has 3 rings (SSSR count). The molecule has 0 spiro atoms. The van der Waals surface area contributed by atoms with Gasteiger partial charge in [-0.2, -0.15) is 4.31 Å². The molecule has 0 heterocycles. The van der Waals surface area contributed by atoms with E-state index < -0.39 is 15.9 Å². The van der Waals surface area contributed by atoms with Crippen LogP contribution in [-0.2, 0) is 21.4 Å². The zero-order chi connectivity index (χ0) is 21.7. The normalized spacial score (nSPS) is 19.6. The maximum atomic E-state index is 13.4. The highest BCUT2D eigenvalue weighted by atomic mass is 79.9. The van der Waals surface area contributed by atoms with Crippen molar-refractivity contribution in [3.63, 3.8) is 0 Å². The maximum absolute atomic E-state index is 13.4. The van der Waals surface area contributed by atoms with Crippen molar-refractivity contribution in [2.45, 2.75) is 44.0 Å². The Morgan fingerprint density at radius 1 is 1.13 bits per heavy atom. The molecule has 0 saturated heterocycles. The van der Waals surface area contributed by atoms with Crippen molar-refractivity contribution < 1.29 is 13.2 Å². The Bertz CT molecular complexity index is 971. The monoisotopic (exact) mass is 493 g/mol. The fourth-order valence-corrected chi connectivity index (χ4v) is 5.88.